The van der Waals surface area contributed by atoms with Crippen LogP contribution in [-0.2, 0) is 14.2 Å². The summed E-state index contributed by atoms with van der Waals surface area (Å²) >= 11 is 0. The Morgan fingerprint density at radius 1 is 1.29 bits per heavy atom. The highest BCUT2D eigenvalue weighted by atomic mass is 16.5. The maximum atomic E-state index is 5.88. The fraction of sp³-hybridized carbons (Fsp3) is 1.00. The van der Waals surface area contributed by atoms with Crippen LogP contribution in [0.25, 0.3) is 0 Å². The summed E-state index contributed by atoms with van der Waals surface area (Å²) < 4.78 is 17.2. The van der Waals surface area contributed by atoms with E-state index in [9.17, 15) is 0 Å². The molecule has 3 heteroatoms. The zero-order chi connectivity index (χ0) is 12.9. The first-order valence-corrected chi connectivity index (χ1v) is 6.77. The molecule has 0 bridgehead atoms. The predicted molar refractivity (Wildman–Crippen MR) is 69.2 cm³/mol. The van der Waals surface area contributed by atoms with Crippen molar-refractivity contribution in [2.45, 2.75) is 51.7 Å². The molecule has 0 radical (unpaired) electrons. The summed E-state index contributed by atoms with van der Waals surface area (Å²) in [6.45, 7) is 7.96. The fourth-order valence-electron chi connectivity index (χ4n) is 3.33. The van der Waals surface area contributed by atoms with E-state index < -0.39 is 0 Å². The van der Waals surface area contributed by atoms with Gasteiger partial charge in [0, 0.05) is 26.7 Å². The van der Waals surface area contributed by atoms with E-state index in [1.165, 1.54) is 0 Å². The second kappa shape index (κ2) is 6.72. The molecule has 0 amide bonds. The van der Waals surface area contributed by atoms with E-state index >= 15 is 0 Å². The molecule has 17 heavy (non-hydrogen) atoms. The van der Waals surface area contributed by atoms with Gasteiger partial charge in [0.2, 0.25) is 0 Å². The Balaban J connectivity index is 2.88. The maximum absolute atomic E-state index is 5.88. The van der Waals surface area contributed by atoms with Crippen LogP contribution in [0, 0.1) is 11.8 Å². The third-order valence-corrected chi connectivity index (χ3v) is 4.07. The Hall–Kier alpha value is -0.120. The van der Waals surface area contributed by atoms with Crippen LogP contribution in [0.3, 0.4) is 0 Å². The van der Waals surface area contributed by atoms with Crippen molar-refractivity contribution in [3.63, 3.8) is 0 Å². The molecule has 1 saturated carbocycles. The van der Waals surface area contributed by atoms with Gasteiger partial charge in [-0.1, -0.05) is 13.8 Å². The van der Waals surface area contributed by atoms with Gasteiger partial charge in [-0.3, -0.25) is 0 Å². The highest BCUT2D eigenvalue weighted by Gasteiger charge is 2.47. The van der Waals surface area contributed by atoms with Gasteiger partial charge >= 0.3 is 0 Å². The Morgan fingerprint density at radius 2 is 2.00 bits per heavy atom. The molecule has 0 aromatic heterocycles. The second-order valence-corrected chi connectivity index (χ2v) is 5.34. The molecule has 0 spiro atoms. The Labute approximate surface area is 106 Å². The fourth-order valence-corrected chi connectivity index (χ4v) is 3.33. The third kappa shape index (κ3) is 3.21. The van der Waals surface area contributed by atoms with Gasteiger partial charge in [-0.05, 0) is 32.1 Å². The lowest BCUT2D eigenvalue weighted by atomic mass is 9.68. The molecule has 0 heterocycles. The minimum Gasteiger partial charge on any atom is -0.381 e. The van der Waals surface area contributed by atoms with Crippen molar-refractivity contribution in [3.05, 3.63) is 0 Å². The SMILES string of the molecule is CCOCC1(OC)CCCC(OC)C1C(C)C. The molecule has 3 atom stereocenters. The molecule has 0 N–H and O–H groups in total. The molecule has 0 aromatic rings. The lowest BCUT2D eigenvalue weighted by Gasteiger charge is -2.48. The van der Waals surface area contributed by atoms with Gasteiger partial charge < -0.3 is 14.2 Å². The third-order valence-electron chi connectivity index (χ3n) is 4.07. The van der Waals surface area contributed by atoms with Gasteiger partial charge in [-0.25, -0.2) is 0 Å². The van der Waals surface area contributed by atoms with Crippen molar-refractivity contribution in [2.24, 2.45) is 11.8 Å². The van der Waals surface area contributed by atoms with Crippen LogP contribution in [0.15, 0.2) is 0 Å². The van der Waals surface area contributed by atoms with E-state index in [0.717, 1.165) is 25.9 Å². The van der Waals surface area contributed by atoms with Crippen LogP contribution < -0.4 is 0 Å². The summed E-state index contributed by atoms with van der Waals surface area (Å²) in [7, 11) is 3.62. The summed E-state index contributed by atoms with van der Waals surface area (Å²) in [4.78, 5) is 0. The van der Waals surface area contributed by atoms with Gasteiger partial charge in [0.25, 0.3) is 0 Å². The molecule has 1 aliphatic carbocycles. The standard InChI is InChI=1S/C14H28O3/c1-6-17-10-14(16-5)9-7-8-12(15-4)13(14)11(2)3/h11-13H,6-10H2,1-5H3. The predicted octanol–water partition coefficient (Wildman–Crippen LogP) is 2.88. The lowest BCUT2D eigenvalue weighted by Crippen LogP contribution is -2.54. The minimum atomic E-state index is -0.164. The molecular weight excluding hydrogens is 216 g/mol. The second-order valence-electron chi connectivity index (χ2n) is 5.34. The molecule has 0 saturated heterocycles. The van der Waals surface area contributed by atoms with E-state index in [0.29, 0.717) is 24.5 Å². The first-order chi connectivity index (χ1) is 8.11. The molecule has 1 fully saturated rings. The van der Waals surface area contributed by atoms with Gasteiger partial charge in [-0.15, -0.1) is 0 Å². The van der Waals surface area contributed by atoms with Crippen molar-refractivity contribution < 1.29 is 14.2 Å². The van der Waals surface area contributed by atoms with Crippen molar-refractivity contribution >= 4 is 0 Å². The molecule has 3 unspecified atom stereocenters. The normalized spacial score (nSPS) is 34.2. The zero-order valence-electron chi connectivity index (χ0n) is 12.0. The number of methoxy groups -OCH3 is 2. The number of rotatable bonds is 6. The summed E-state index contributed by atoms with van der Waals surface area (Å²) in [5.74, 6) is 0.957. The molecule has 1 aliphatic rings. The minimum absolute atomic E-state index is 0.164. The van der Waals surface area contributed by atoms with E-state index in [1.54, 1.807) is 0 Å². The van der Waals surface area contributed by atoms with Crippen LogP contribution in [0.5, 0.6) is 0 Å². The molecule has 0 aromatic carbocycles. The molecule has 102 valence electrons. The Morgan fingerprint density at radius 3 is 2.47 bits per heavy atom. The maximum Gasteiger partial charge on any atom is 0.0966 e. The van der Waals surface area contributed by atoms with Crippen LogP contribution in [0.1, 0.15) is 40.0 Å². The monoisotopic (exact) mass is 244 g/mol. The van der Waals surface area contributed by atoms with E-state index in [4.69, 9.17) is 14.2 Å². The van der Waals surface area contributed by atoms with Crippen molar-refractivity contribution in [1.82, 2.24) is 0 Å². The topological polar surface area (TPSA) is 27.7 Å². The first kappa shape index (κ1) is 14.9. The van der Waals surface area contributed by atoms with Crippen LogP contribution >= 0.6 is 0 Å². The van der Waals surface area contributed by atoms with Gasteiger partial charge in [0.15, 0.2) is 0 Å². The summed E-state index contributed by atoms with van der Waals surface area (Å²) in [6.07, 6.45) is 3.66. The smallest absolute Gasteiger partial charge is 0.0966 e. The van der Waals surface area contributed by atoms with Crippen LogP contribution in [0.2, 0.25) is 0 Å². The van der Waals surface area contributed by atoms with Gasteiger partial charge in [-0.2, -0.15) is 0 Å². The number of hydrogen-bond acceptors (Lipinski definition) is 3. The molecule has 1 rings (SSSR count). The highest BCUT2D eigenvalue weighted by molar-refractivity contribution is 4.97. The number of ether oxygens (including phenoxy) is 3. The van der Waals surface area contributed by atoms with Gasteiger partial charge in [0.05, 0.1) is 18.3 Å². The number of hydrogen-bond donors (Lipinski definition) is 0. The molecular formula is C14H28O3. The summed E-state index contributed by atoms with van der Waals surface area (Å²) in [5.41, 5.74) is -0.164. The van der Waals surface area contributed by atoms with Crippen molar-refractivity contribution in [3.8, 4) is 0 Å². The highest BCUT2D eigenvalue weighted by Crippen LogP contribution is 2.42. The van der Waals surface area contributed by atoms with Crippen LogP contribution in [-0.4, -0.2) is 39.1 Å². The lowest BCUT2D eigenvalue weighted by molar-refractivity contribution is -0.178. The van der Waals surface area contributed by atoms with Crippen molar-refractivity contribution in [1.29, 1.82) is 0 Å². The summed E-state index contributed by atoms with van der Waals surface area (Å²) in [6, 6.07) is 0. The van der Waals surface area contributed by atoms with Crippen molar-refractivity contribution in [2.75, 3.05) is 27.4 Å². The molecule has 0 aliphatic heterocycles. The zero-order valence-corrected chi connectivity index (χ0v) is 12.0. The van der Waals surface area contributed by atoms with Gasteiger partial charge in [0.1, 0.15) is 0 Å². The van der Waals surface area contributed by atoms with E-state index in [2.05, 4.69) is 13.8 Å². The average Bonchev–Trinajstić information content (AvgIpc) is 2.35. The quantitative estimate of drug-likeness (QED) is 0.719. The Kier molecular flexibility index (Phi) is 5.90. The summed E-state index contributed by atoms with van der Waals surface area (Å²) in [5, 5.41) is 0. The van der Waals surface area contributed by atoms with E-state index in [1.807, 2.05) is 21.1 Å². The van der Waals surface area contributed by atoms with Crippen LogP contribution in [0.4, 0.5) is 0 Å². The molecule has 3 nitrogen and oxygen atoms in total. The Bertz CT molecular complexity index is 218. The average molecular weight is 244 g/mol. The van der Waals surface area contributed by atoms with E-state index in [-0.39, 0.29) is 5.60 Å². The first-order valence-electron chi connectivity index (χ1n) is 6.77. The largest absolute Gasteiger partial charge is 0.381 e.